The lowest BCUT2D eigenvalue weighted by Gasteiger charge is -2.28. The molecule has 124 valence electrons. The lowest BCUT2D eigenvalue weighted by atomic mass is 9.78. The second-order valence-corrected chi connectivity index (χ2v) is 8.91. The highest BCUT2D eigenvalue weighted by Crippen LogP contribution is 2.40. The van der Waals surface area contributed by atoms with Crippen LogP contribution in [0.25, 0.3) is 6.08 Å². The Morgan fingerprint density at radius 3 is 1.91 bits per heavy atom. The molecule has 5 heteroatoms. The molecule has 3 N–H and O–H groups in total. The molecule has 1 aliphatic rings. The minimum Gasteiger partial charge on any atom is -0.507 e. The zero-order valence-electron chi connectivity index (χ0n) is 14.5. The van der Waals surface area contributed by atoms with Crippen molar-refractivity contribution in [2.75, 3.05) is 0 Å². The Kier molecular flexibility index (Phi) is 4.37. The van der Waals surface area contributed by atoms with E-state index in [-0.39, 0.29) is 21.9 Å². The summed E-state index contributed by atoms with van der Waals surface area (Å²) in [6, 6.07) is 3.85. The molecule has 1 heterocycles. The van der Waals surface area contributed by atoms with Crippen LogP contribution in [0.5, 0.6) is 5.75 Å². The van der Waals surface area contributed by atoms with E-state index < -0.39 is 0 Å². The van der Waals surface area contributed by atoms with Crippen LogP contribution in [-0.4, -0.2) is 16.2 Å². The lowest BCUT2D eigenvalue weighted by molar-refractivity contribution is -0.115. The van der Waals surface area contributed by atoms with Crippen molar-refractivity contribution in [1.29, 1.82) is 5.41 Å². The van der Waals surface area contributed by atoms with Crippen LogP contribution in [0.15, 0.2) is 17.0 Å². The zero-order valence-corrected chi connectivity index (χ0v) is 15.3. The van der Waals surface area contributed by atoms with Crippen molar-refractivity contribution in [2.45, 2.75) is 52.4 Å². The maximum Gasteiger partial charge on any atom is 0.264 e. The van der Waals surface area contributed by atoms with E-state index in [9.17, 15) is 9.90 Å². The van der Waals surface area contributed by atoms with Gasteiger partial charge >= 0.3 is 0 Å². The van der Waals surface area contributed by atoms with Gasteiger partial charge in [-0.05, 0) is 46.4 Å². The highest BCUT2D eigenvalue weighted by atomic mass is 32.2. The van der Waals surface area contributed by atoms with Crippen LogP contribution in [0.1, 0.15) is 58.2 Å². The second kappa shape index (κ2) is 5.71. The van der Waals surface area contributed by atoms with Gasteiger partial charge in [-0.2, -0.15) is 0 Å². The number of amides is 1. The molecule has 1 fully saturated rings. The molecule has 1 aromatic rings. The molecule has 0 saturated carbocycles. The van der Waals surface area contributed by atoms with Crippen molar-refractivity contribution < 1.29 is 9.90 Å². The largest absolute Gasteiger partial charge is 0.507 e. The van der Waals surface area contributed by atoms with Crippen LogP contribution in [0.4, 0.5) is 0 Å². The van der Waals surface area contributed by atoms with Crippen molar-refractivity contribution in [2.24, 2.45) is 0 Å². The fourth-order valence-electron chi connectivity index (χ4n) is 2.48. The van der Waals surface area contributed by atoms with Crippen LogP contribution in [0.3, 0.4) is 0 Å². The van der Waals surface area contributed by atoms with Gasteiger partial charge in [0.1, 0.15) is 5.75 Å². The maximum absolute atomic E-state index is 11.8. The number of benzene rings is 1. The summed E-state index contributed by atoms with van der Waals surface area (Å²) in [5, 5.41) is 20.9. The van der Waals surface area contributed by atoms with E-state index in [4.69, 9.17) is 5.41 Å². The Balaban J connectivity index is 2.64. The van der Waals surface area contributed by atoms with Crippen LogP contribution >= 0.6 is 11.8 Å². The third kappa shape index (κ3) is 3.78. The molecule has 23 heavy (non-hydrogen) atoms. The number of carbonyl (C=O) groups excluding carboxylic acids is 1. The number of aromatic hydroxyl groups is 1. The standard InChI is InChI=1S/C18H24N2O2S/c1-17(2,3)11-7-10(8-12(14(11)21)18(4,5)6)9-13-15(22)20-16(19)23-13/h7-9,21H,1-6H3,(H2,19,20,22)/b13-9-. The molecule has 2 rings (SSSR count). The lowest BCUT2D eigenvalue weighted by Crippen LogP contribution is -2.18. The van der Waals surface area contributed by atoms with Gasteiger partial charge < -0.3 is 10.4 Å². The van der Waals surface area contributed by atoms with Gasteiger partial charge in [0.25, 0.3) is 5.91 Å². The summed E-state index contributed by atoms with van der Waals surface area (Å²) in [6.45, 7) is 12.3. The molecule has 0 radical (unpaired) electrons. The average molecular weight is 332 g/mol. The normalized spacial score (nSPS) is 17.7. The fraction of sp³-hybridized carbons (Fsp3) is 0.444. The Hall–Kier alpha value is -1.75. The van der Waals surface area contributed by atoms with E-state index >= 15 is 0 Å². The van der Waals surface area contributed by atoms with E-state index in [2.05, 4.69) is 46.9 Å². The van der Waals surface area contributed by atoms with Gasteiger partial charge in [0.15, 0.2) is 5.17 Å². The molecule has 4 nitrogen and oxygen atoms in total. The maximum atomic E-state index is 11.8. The van der Waals surface area contributed by atoms with Crippen molar-refractivity contribution in [3.63, 3.8) is 0 Å². The molecular formula is C18H24N2O2S. The molecule has 0 atom stereocenters. The highest BCUT2D eigenvalue weighted by Gasteiger charge is 2.27. The topological polar surface area (TPSA) is 73.2 Å². The Labute approximate surface area is 141 Å². The van der Waals surface area contributed by atoms with Crippen molar-refractivity contribution in [1.82, 2.24) is 5.32 Å². The Bertz CT molecular complexity index is 672. The molecule has 0 aliphatic carbocycles. The Morgan fingerprint density at radius 2 is 1.57 bits per heavy atom. The van der Waals surface area contributed by atoms with Gasteiger partial charge in [0.2, 0.25) is 0 Å². The fourth-order valence-corrected chi connectivity index (χ4v) is 3.18. The molecule has 1 aliphatic heterocycles. The first-order chi connectivity index (χ1) is 10.4. The number of phenols is 1. The summed E-state index contributed by atoms with van der Waals surface area (Å²) < 4.78 is 0. The van der Waals surface area contributed by atoms with E-state index in [0.29, 0.717) is 10.7 Å². The average Bonchev–Trinajstić information content (AvgIpc) is 2.67. The summed E-state index contributed by atoms with van der Waals surface area (Å²) in [5.74, 6) is 0.0751. The smallest absolute Gasteiger partial charge is 0.264 e. The molecule has 0 unspecified atom stereocenters. The summed E-state index contributed by atoms with van der Waals surface area (Å²) in [5.41, 5.74) is 2.16. The van der Waals surface area contributed by atoms with Crippen LogP contribution < -0.4 is 5.32 Å². The second-order valence-electron chi connectivity index (χ2n) is 7.86. The monoisotopic (exact) mass is 332 g/mol. The first-order valence-corrected chi connectivity index (χ1v) is 8.38. The minimum absolute atomic E-state index is 0.145. The summed E-state index contributed by atoms with van der Waals surface area (Å²) >= 11 is 1.12. The van der Waals surface area contributed by atoms with E-state index in [1.165, 1.54) is 0 Å². The molecule has 1 aromatic carbocycles. The van der Waals surface area contributed by atoms with Crippen LogP contribution in [0.2, 0.25) is 0 Å². The third-order valence-electron chi connectivity index (χ3n) is 3.71. The summed E-state index contributed by atoms with van der Waals surface area (Å²) in [7, 11) is 0. The number of hydrogen-bond donors (Lipinski definition) is 3. The van der Waals surface area contributed by atoms with Gasteiger partial charge in [-0.15, -0.1) is 0 Å². The Morgan fingerprint density at radius 1 is 1.09 bits per heavy atom. The molecule has 1 amide bonds. The molecule has 0 bridgehead atoms. The number of hydrogen-bond acceptors (Lipinski definition) is 4. The molecule has 0 aromatic heterocycles. The first-order valence-electron chi connectivity index (χ1n) is 7.57. The minimum atomic E-state index is -0.248. The first kappa shape index (κ1) is 17.6. The van der Waals surface area contributed by atoms with Gasteiger partial charge in [-0.3, -0.25) is 10.2 Å². The van der Waals surface area contributed by atoms with E-state index in [1.807, 2.05) is 12.1 Å². The number of rotatable bonds is 1. The number of amidine groups is 1. The van der Waals surface area contributed by atoms with Crippen molar-refractivity contribution in [3.05, 3.63) is 33.7 Å². The van der Waals surface area contributed by atoms with Crippen LogP contribution in [-0.2, 0) is 15.6 Å². The third-order valence-corrected chi connectivity index (χ3v) is 4.54. The highest BCUT2D eigenvalue weighted by molar-refractivity contribution is 8.18. The predicted octanol–water partition coefficient (Wildman–Crippen LogP) is 4.13. The van der Waals surface area contributed by atoms with Gasteiger partial charge in [-0.25, -0.2) is 0 Å². The van der Waals surface area contributed by atoms with Gasteiger partial charge in [0.05, 0.1) is 4.91 Å². The molecule has 0 spiro atoms. The van der Waals surface area contributed by atoms with E-state index in [0.717, 1.165) is 28.5 Å². The number of thioether (sulfide) groups is 1. The quantitative estimate of drug-likeness (QED) is 0.677. The van der Waals surface area contributed by atoms with Gasteiger partial charge in [0, 0.05) is 11.1 Å². The zero-order chi connectivity index (χ0) is 17.6. The number of nitrogens with one attached hydrogen (secondary N) is 2. The number of phenolic OH excluding ortho intramolecular Hbond substituents is 1. The summed E-state index contributed by atoms with van der Waals surface area (Å²) in [4.78, 5) is 12.3. The number of carbonyl (C=O) groups is 1. The SMILES string of the molecule is CC(C)(C)c1cc(/C=C2\SC(=N)NC2=O)cc(C(C)(C)C)c1O. The van der Waals surface area contributed by atoms with Gasteiger partial charge in [-0.1, -0.05) is 41.5 Å². The summed E-state index contributed by atoms with van der Waals surface area (Å²) in [6.07, 6.45) is 1.78. The molecular weight excluding hydrogens is 308 g/mol. The van der Waals surface area contributed by atoms with E-state index in [1.54, 1.807) is 6.08 Å². The van der Waals surface area contributed by atoms with Crippen LogP contribution in [0, 0.1) is 5.41 Å². The predicted molar refractivity (Wildman–Crippen MR) is 96.9 cm³/mol. The molecule has 1 saturated heterocycles. The van der Waals surface area contributed by atoms with Crippen molar-refractivity contribution in [3.8, 4) is 5.75 Å². The van der Waals surface area contributed by atoms with Crippen molar-refractivity contribution >= 4 is 28.9 Å².